The molecule has 4 aromatic rings. The van der Waals surface area contributed by atoms with E-state index in [0.29, 0.717) is 11.8 Å². The molecule has 29 heavy (non-hydrogen) atoms. The zero-order valence-corrected chi connectivity index (χ0v) is 16.9. The largest absolute Gasteiger partial charge is 0.360 e. The number of para-hydroxylation sites is 1. The van der Waals surface area contributed by atoms with Gasteiger partial charge >= 0.3 is 0 Å². The zero-order valence-electron chi connectivity index (χ0n) is 16.1. The fraction of sp³-hybridized carbons (Fsp3) is 0.227. The molecule has 2 N–H and O–H groups in total. The first-order chi connectivity index (χ1) is 14.2. The molecule has 0 spiro atoms. The fourth-order valence-electron chi connectivity index (χ4n) is 3.53. The minimum atomic E-state index is -0.0420. The van der Waals surface area contributed by atoms with Crippen molar-refractivity contribution >= 4 is 34.3 Å². The highest BCUT2D eigenvalue weighted by Crippen LogP contribution is 2.42. The highest BCUT2D eigenvalue weighted by molar-refractivity contribution is 7.99. The monoisotopic (exact) mass is 403 g/mol. The fourth-order valence-corrected chi connectivity index (χ4v) is 4.33. The van der Waals surface area contributed by atoms with Crippen molar-refractivity contribution in [2.45, 2.75) is 31.0 Å². The maximum absolute atomic E-state index is 12.4. The summed E-state index contributed by atoms with van der Waals surface area (Å²) in [5.74, 6) is 1.12. The second-order valence-electron chi connectivity index (χ2n) is 7.36. The Kier molecular flexibility index (Phi) is 4.60. The average Bonchev–Trinajstić information content (AvgIpc) is 3.32. The number of nitrogens with zero attached hydrogens (tertiary/aromatic N) is 3. The second kappa shape index (κ2) is 7.40. The summed E-state index contributed by atoms with van der Waals surface area (Å²) in [5, 5.41) is 13.8. The Morgan fingerprint density at radius 3 is 2.90 bits per heavy atom. The summed E-state index contributed by atoms with van der Waals surface area (Å²) in [4.78, 5) is 15.7. The van der Waals surface area contributed by atoms with Crippen LogP contribution in [-0.2, 0) is 4.79 Å². The van der Waals surface area contributed by atoms with Gasteiger partial charge in [-0.25, -0.2) is 0 Å². The van der Waals surface area contributed by atoms with Gasteiger partial charge in [-0.2, -0.15) is 0 Å². The third kappa shape index (κ3) is 3.65. The third-order valence-corrected chi connectivity index (χ3v) is 5.98. The van der Waals surface area contributed by atoms with E-state index in [1.807, 2.05) is 49.5 Å². The molecule has 0 radical (unpaired) electrons. The number of anilines is 1. The number of hydrogen-bond donors (Lipinski definition) is 2. The van der Waals surface area contributed by atoms with E-state index in [-0.39, 0.29) is 5.91 Å². The summed E-state index contributed by atoms with van der Waals surface area (Å²) in [7, 11) is 0. The summed E-state index contributed by atoms with van der Waals surface area (Å²) in [6.07, 6.45) is 4.24. The number of fused-ring (bicyclic) bond motifs is 1. The summed E-state index contributed by atoms with van der Waals surface area (Å²) in [6, 6.07) is 16.4. The lowest BCUT2D eigenvalue weighted by Gasteiger charge is -2.09. The average molecular weight is 404 g/mol. The molecule has 1 fully saturated rings. The van der Waals surface area contributed by atoms with Gasteiger partial charge in [0.25, 0.3) is 0 Å². The first-order valence-corrected chi connectivity index (χ1v) is 10.7. The Hall–Kier alpha value is -3.06. The summed E-state index contributed by atoms with van der Waals surface area (Å²) >= 11 is 1.44. The quantitative estimate of drug-likeness (QED) is 0.454. The van der Waals surface area contributed by atoms with Gasteiger partial charge in [0.05, 0.1) is 5.75 Å². The third-order valence-electron chi connectivity index (χ3n) is 5.04. The van der Waals surface area contributed by atoms with E-state index in [4.69, 9.17) is 0 Å². The first-order valence-electron chi connectivity index (χ1n) is 9.70. The van der Waals surface area contributed by atoms with Crippen molar-refractivity contribution in [1.82, 2.24) is 19.7 Å². The van der Waals surface area contributed by atoms with Gasteiger partial charge in [0.1, 0.15) is 0 Å². The van der Waals surface area contributed by atoms with Gasteiger partial charge in [-0.05, 0) is 43.5 Å². The minimum absolute atomic E-state index is 0.0420. The Morgan fingerprint density at radius 2 is 2.07 bits per heavy atom. The molecule has 0 saturated heterocycles. The van der Waals surface area contributed by atoms with E-state index >= 15 is 0 Å². The molecule has 0 bridgehead atoms. The van der Waals surface area contributed by atoms with Crippen LogP contribution < -0.4 is 5.32 Å². The molecule has 146 valence electrons. The smallest absolute Gasteiger partial charge is 0.234 e. The molecule has 1 saturated carbocycles. The second-order valence-corrected chi connectivity index (χ2v) is 8.30. The van der Waals surface area contributed by atoms with Gasteiger partial charge in [-0.1, -0.05) is 42.1 Å². The number of aryl methyl sites for hydroxylation is 1. The molecule has 1 aliphatic carbocycles. The molecular formula is C22H21N5OS. The van der Waals surface area contributed by atoms with E-state index in [1.165, 1.54) is 11.8 Å². The van der Waals surface area contributed by atoms with Gasteiger partial charge in [0.2, 0.25) is 5.91 Å². The van der Waals surface area contributed by atoms with Crippen LogP contribution in [0, 0.1) is 6.92 Å². The van der Waals surface area contributed by atoms with Crippen molar-refractivity contribution in [2.75, 3.05) is 11.1 Å². The van der Waals surface area contributed by atoms with Gasteiger partial charge in [-0.15, -0.1) is 10.2 Å². The van der Waals surface area contributed by atoms with Crippen molar-refractivity contribution < 1.29 is 4.79 Å². The lowest BCUT2D eigenvalue weighted by molar-refractivity contribution is -0.113. The topological polar surface area (TPSA) is 75.6 Å². The van der Waals surface area contributed by atoms with Gasteiger partial charge in [0.15, 0.2) is 11.0 Å². The van der Waals surface area contributed by atoms with Crippen molar-refractivity contribution in [3.8, 4) is 11.4 Å². The number of hydrogen-bond acceptors (Lipinski definition) is 4. The summed E-state index contributed by atoms with van der Waals surface area (Å²) in [6.45, 7) is 2.01. The van der Waals surface area contributed by atoms with Crippen LogP contribution in [0.4, 0.5) is 5.69 Å². The predicted octanol–water partition coefficient (Wildman–Crippen LogP) is 4.80. The van der Waals surface area contributed by atoms with E-state index in [9.17, 15) is 4.79 Å². The Bertz CT molecular complexity index is 1190. The Labute approximate surface area is 172 Å². The number of benzene rings is 2. The molecule has 2 aromatic carbocycles. The number of aromatic amines is 1. The van der Waals surface area contributed by atoms with E-state index in [0.717, 1.165) is 51.5 Å². The lowest BCUT2D eigenvalue weighted by Crippen LogP contribution is -2.14. The number of nitrogens with one attached hydrogen (secondary N) is 2. The maximum Gasteiger partial charge on any atom is 0.234 e. The van der Waals surface area contributed by atoms with Crippen LogP contribution in [0.2, 0.25) is 0 Å². The summed E-state index contributed by atoms with van der Waals surface area (Å²) < 4.78 is 2.19. The molecule has 0 atom stereocenters. The molecule has 7 heteroatoms. The highest BCUT2D eigenvalue weighted by Gasteiger charge is 2.31. The zero-order chi connectivity index (χ0) is 19.8. The van der Waals surface area contributed by atoms with Gasteiger partial charge < -0.3 is 10.3 Å². The number of rotatable bonds is 6. The molecule has 2 aromatic heterocycles. The van der Waals surface area contributed by atoms with Crippen molar-refractivity contribution in [3.63, 3.8) is 0 Å². The van der Waals surface area contributed by atoms with Crippen LogP contribution in [0.15, 0.2) is 59.9 Å². The van der Waals surface area contributed by atoms with Crippen molar-refractivity contribution in [2.24, 2.45) is 0 Å². The van der Waals surface area contributed by atoms with Gasteiger partial charge in [0, 0.05) is 34.4 Å². The lowest BCUT2D eigenvalue weighted by atomic mass is 10.1. The number of aromatic nitrogens is 4. The molecular weight excluding hydrogens is 382 g/mol. The number of thioether (sulfide) groups is 1. The van der Waals surface area contributed by atoms with Crippen LogP contribution in [0.5, 0.6) is 0 Å². The SMILES string of the molecule is Cc1cccc(NC(=O)CSc2nnc(-c3c[nH]c4ccccc34)n2C2CC2)c1. The van der Waals surface area contributed by atoms with Crippen LogP contribution >= 0.6 is 11.8 Å². The Balaban J connectivity index is 1.37. The van der Waals surface area contributed by atoms with E-state index < -0.39 is 0 Å². The summed E-state index contributed by atoms with van der Waals surface area (Å²) in [5.41, 5.74) is 4.07. The highest BCUT2D eigenvalue weighted by atomic mass is 32.2. The Morgan fingerprint density at radius 1 is 1.21 bits per heavy atom. The maximum atomic E-state index is 12.4. The number of carbonyl (C=O) groups excluding carboxylic acids is 1. The molecule has 1 aliphatic rings. The predicted molar refractivity (Wildman–Crippen MR) is 116 cm³/mol. The van der Waals surface area contributed by atoms with Crippen molar-refractivity contribution in [1.29, 1.82) is 0 Å². The molecule has 2 heterocycles. The first kappa shape index (κ1) is 18.0. The number of H-pyrrole nitrogens is 1. The standard InChI is InChI=1S/C22H21N5OS/c1-14-5-4-6-15(11-14)24-20(28)13-29-22-26-25-21(27(22)16-9-10-16)18-12-23-19-8-3-2-7-17(18)19/h2-8,11-12,16,23H,9-10,13H2,1H3,(H,24,28). The molecule has 1 amide bonds. The molecule has 0 aliphatic heterocycles. The van der Waals surface area contributed by atoms with Crippen LogP contribution in [-0.4, -0.2) is 31.4 Å². The van der Waals surface area contributed by atoms with Crippen LogP contribution in [0.1, 0.15) is 24.4 Å². The number of carbonyl (C=O) groups is 1. The van der Waals surface area contributed by atoms with Crippen LogP contribution in [0.3, 0.4) is 0 Å². The van der Waals surface area contributed by atoms with Gasteiger partial charge in [-0.3, -0.25) is 9.36 Å². The van der Waals surface area contributed by atoms with E-state index in [1.54, 1.807) is 0 Å². The van der Waals surface area contributed by atoms with Crippen LogP contribution in [0.25, 0.3) is 22.3 Å². The number of amides is 1. The van der Waals surface area contributed by atoms with E-state index in [2.05, 4.69) is 37.2 Å². The molecule has 6 nitrogen and oxygen atoms in total. The molecule has 5 rings (SSSR count). The molecule has 0 unspecified atom stereocenters. The normalized spacial score (nSPS) is 13.7. The van der Waals surface area contributed by atoms with Crippen molar-refractivity contribution in [3.05, 3.63) is 60.3 Å². The minimum Gasteiger partial charge on any atom is -0.360 e.